The van der Waals surface area contributed by atoms with Gasteiger partial charge in [-0.05, 0) is 37.3 Å². The van der Waals surface area contributed by atoms with Crippen molar-refractivity contribution in [1.82, 2.24) is 4.90 Å². The van der Waals surface area contributed by atoms with Gasteiger partial charge in [0.25, 0.3) is 0 Å². The van der Waals surface area contributed by atoms with Crippen LogP contribution in [0.4, 0.5) is 0 Å². The van der Waals surface area contributed by atoms with Crippen LogP contribution in [0.25, 0.3) is 0 Å². The number of hydrogen-bond donors (Lipinski definition) is 1. The summed E-state index contributed by atoms with van der Waals surface area (Å²) < 4.78 is 5.87. The normalized spacial score (nSPS) is 24.5. The molecule has 4 heteroatoms. The molecule has 2 aliphatic rings. The van der Waals surface area contributed by atoms with Gasteiger partial charge in [-0.25, -0.2) is 0 Å². The second kappa shape index (κ2) is 5.78. The maximum atomic E-state index is 12.5. The predicted molar refractivity (Wildman–Crippen MR) is 81.8 cm³/mol. The molecular weight excluding hydrogens is 264 g/mol. The highest BCUT2D eigenvalue weighted by Gasteiger charge is 2.37. The summed E-state index contributed by atoms with van der Waals surface area (Å²) in [6.45, 7) is 4.00. The molecule has 1 aliphatic heterocycles. The molecule has 1 saturated heterocycles. The van der Waals surface area contributed by atoms with Crippen molar-refractivity contribution >= 4 is 5.91 Å². The number of nitrogens with zero attached hydrogens (tertiary/aromatic N) is 1. The van der Waals surface area contributed by atoms with Crippen LogP contribution in [-0.2, 0) is 9.53 Å². The van der Waals surface area contributed by atoms with Crippen molar-refractivity contribution in [1.29, 1.82) is 0 Å². The van der Waals surface area contributed by atoms with E-state index in [1.807, 2.05) is 17.0 Å². The van der Waals surface area contributed by atoms with E-state index in [0.29, 0.717) is 26.1 Å². The first-order valence-corrected chi connectivity index (χ1v) is 7.81. The quantitative estimate of drug-likeness (QED) is 0.927. The summed E-state index contributed by atoms with van der Waals surface area (Å²) in [5, 5.41) is 0. The van der Waals surface area contributed by atoms with Gasteiger partial charge in [0.05, 0.1) is 13.2 Å². The van der Waals surface area contributed by atoms with Crippen molar-refractivity contribution in [2.45, 2.75) is 44.2 Å². The van der Waals surface area contributed by atoms with E-state index in [1.165, 1.54) is 11.1 Å². The van der Waals surface area contributed by atoms with Gasteiger partial charge in [0.2, 0.25) is 5.91 Å². The van der Waals surface area contributed by atoms with E-state index < -0.39 is 0 Å². The third-order valence-electron chi connectivity index (χ3n) is 4.81. The Kier molecular flexibility index (Phi) is 4.00. The summed E-state index contributed by atoms with van der Waals surface area (Å²) in [5.41, 5.74) is 8.35. The molecule has 1 unspecified atom stereocenters. The van der Waals surface area contributed by atoms with Crippen molar-refractivity contribution < 1.29 is 9.53 Å². The summed E-state index contributed by atoms with van der Waals surface area (Å²) in [5.74, 6) is 0.180. The van der Waals surface area contributed by atoms with E-state index >= 15 is 0 Å². The summed E-state index contributed by atoms with van der Waals surface area (Å²) in [7, 11) is 0. The monoisotopic (exact) mass is 288 g/mol. The van der Waals surface area contributed by atoms with E-state index in [1.54, 1.807) is 0 Å². The Hall–Kier alpha value is -1.39. The highest BCUT2D eigenvalue weighted by atomic mass is 16.5. The van der Waals surface area contributed by atoms with Crippen molar-refractivity contribution in [3.8, 4) is 0 Å². The molecule has 1 aliphatic carbocycles. The first-order valence-electron chi connectivity index (χ1n) is 7.81. The Morgan fingerprint density at radius 2 is 2.19 bits per heavy atom. The summed E-state index contributed by atoms with van der Waals surface area (Å²) in [4.78, 5) is 14.4. The lowest BCUT2D eigenvalue weighted by atomic mass is 9.75. The van der Waals surface area contributed by atoms with Gasteiger partial charge in [0.1, 0.15) is 6.10 Å². The van der Waals surface area contributed by atoms with E-state index in [9.17, 15) is 4.79 Å². The van der Waals surface area contributed by atoms with E-state index in [-0.39, 0.29) is 17.6 Å². The summed E-state index contributed by atoms with van der Waals surface area (Å²) >= 11 is 0. The van der Waals surface area contributed by atoms with Gasteiger partial charge in [0, 0.05) is 18.5 Å². The molecule has 1 atom stereocenters. The molecule has 2 fully saturated rings. The average Bonchev–Trinajstić information content (AvgIpc) is 2.46. The van der Waals surface area contributed by atoms with Gasteiger partial charge in [0.15, 0.2) is 0 Å². The third-order valence-corrected chi connectivity index (χ3v) is 4.81. The molecule has 21 heavy (non-hydrogen) atoms. The molecule has 0 spiro atoms. The topological polar surface area (TPSA) is 55.6 Å². The molecule has 1 saturated carbocycles. The van der Waals surface area contributed by atoms with Crippen LogP contribution >= 0.6 is 0 Å². The van der Waals surface area contributed by atoms with E-state index in [2.05, 4.69) is 19.1 Å². The van der Waals surface area contributed by atoms with Crippen LogP contribution in [0, 0.1) is 6.92 Å². The van der Waals surface area contributed by atoms with Gasteiger partial charge >= 0.3 is 0 Å². The van der Waals surface area contributed by atoms with Gasteiger partial charge in [-0.15, -0.1) is 0 Å². The standard InChI is InChI=1S/C17H24N2O2/c1-13-5-2-3-6-14(13)15-12-19(9-10-21-15)16(20)11-17(18)7-4-8-17/h2-3,5-6,15H,4,7-12,18H2,1H3. The number of carbonyl (C=O) groups is 1. The van der Waals surface area contributed by atoms with Crippen LogP contribution in [0.2, 0.25) is 0 Å². The fraction of sp³-hybridized carbons (Fsp3) is 0.588. The zero-order valence-electron chi connectivity index (χ0n) is 12.7. The molecule has 0 aromatic heterocycles. The second-order valence-corrected chi connectivity index (χ2v) is 6.45. The van der Waals surface area contributed by atoms with Crippen LogP contribution in [0.1, 0.15) is 42.9 Å². The number of rotatable bonds is 3. The molecule has 1 aromatic carbocycles. The van der Waals surface area contributed by atoms with Crippen molar-refractivity contribution in [3.05, 3.63) is 35.4 Å². The highest BCUT2D eigenvalue weighted by molar-refractivity contribution is 5.77. The van der Waals surface area contributed by atoms with Gasteiger partial charge in [-0.1, -0.05) is 24.3 Å². The fourth-order valence-electron chi connectivity index (χ4n) is 3.23. The highest BCUT2D eigenvalue weighted by Crippen LogP contribution is 2.33. The maximum absolute atomic E-state index is 12.5. The van der Waals surface area contributed by atoms with E-state index in [0.717, 1.165) is 19.3 Å². The SMILES string of the molecule is Cc1ccccc1C1CN(C(=O)CC2(N)CCC2)CCO1. The minimum absolute atomic E-state index is 0.0148. The minimum atomic E-state index is -0.243. The number of ether oxygens (including phenoxy) is 1. The van der Waals surface area contributed by atoms with Gasteiger partial charge in [-0.2, -0.15) is 0 Å². The molecule has 0 radical (unpaired) electrons. The Morgan fingerprint density at radius 3 is 2.86 bits per heavy atom. The van der Waals surface area contributed by atoms with Crippen LogP contribution in [0.15, 0.2) is 24.3 Å². The number of benzene rings is 1. The van der Waals surface area contributed by atoms with Crippen LogP contribution in [0.5, 0.6) is 0 Å². The number of hydrogen-bond acceptors (Lipinski definition) is 3. The number of morpholine rings is 1. The molecule has 1 aromatic rings. The number of aryl methyl sites for hydroxylation is 1. The van der Waals surface area contributed by atoms with Gasteiger partial charge < -0.3 is 15.4 Å². The number of nitrogens with two attached hydrogens (primary N) is 1. The lowest BCUT2D eigenvalue weighted by Crippen LogP contribution is -2.52. The molecule has 4 nitrogen and oxygen atoms in total. The Morgan fingerprint density at radius 1 is 1.43 bits per heavy atom. The Bertz CT molecular complexity index is 525. The molecule has 3 rings (SSSR count). The summed E-state index contributed by atoms with van der Waals surface area (Å²) in [6.07, 6.45) is 3.57. The maximum Gasteiger partial charge on any atom is 0.224 e. The number of amides is 1. The molecule has 1 heterocycles. The van der Waals surface area contributed by atoms with E-state index in [4.69, 9.17) is 10.5 Å². The smallest absolute Gasteiger partial charge is 0.224 e. The zero-order valence-corrected chi connectivity index (χ0v) is 12.7. The summed E-state index contributed by atoms with van der Waals surface area (Å²) in [6, 6.07) is 8.22. The first kappa shape index (κ1) is 14.5. The van der Waals surface area contributed by atoms with Crippen molar-refractivity contribution in [2.75, 3.05) is 19.7 Å². The predicted octanol–water partition coefficient (Wildman–Crippen LogP) is 2.17. The third kappa shape index (κ3) is 3.11. The van der Waals surface area contributed by atoms with Crippen LogP contribution in [-0.4, -0.2) is 36.0 Å². The van der Waals surface area contributed by atoms with Crippen molar-refractivity contribution in [3.63, 3.8) is 0 Å². The Labute approximate surface area is 126 Å². The van der Waals surface area contributed by atoms with Gasteiger partial charge in [-0.3, -0.25) is 4.79 Å². The van der Waals surface area contributed by atoms with Crippen molar-refractivity contribution in [2.24, 2.45) is 5.73 Å². The largest absolute Gasteiger partial charge is 0.370 e. The molecule has 0 bridgehead atoms. The second-order valence-electron chi connectivity index (χ2n) is 6.45. The molecule has 2 N–H and O–H groups in total. The first-order chi connectivity index (χ1) is 10.1. The number of carbonyl (C=O) groups excluding carboxylic acids is 1. The zero-order chi connectivity index (χ0) is 14.9. The molecule has 1 amide bonds. The van der Waals surface area contributed by atoms with Crippen LogP contribution in [0.3, 0.4) is 0 Å². The molecular formula is C17H24N2O2. The fourth-order valence-corrected chi connectivity index (χ4v) is 3.23. The van der Waals surface area contributed by atoms with Crippen LogP contribution < -0.4 is 5.73 Å². The molecule has 114 valence electrons. The average molecular weight is 288 g/mol. The Balaban J connectivity index is 1.65. The lowest BCUT2D eigenvalue weighted by Gasteiger charge is -2.40. The lowest BCUT2D eigenvalue weighted by molar-refractivity contribution is -0.141. The minimum Gasteiger partial charge on any atom is -0.370 e.